The molecule has 0 unspecified atom stereocenters. The summed E-state index contributed by atoms with van der Waals surface area (Å²) >= 11 is 4.74. The van der Waals surface area contributed by atoms with Crippen molar-refractivity contribution in [1.82, 2.24) is 4.98 Å². The molecule has 2 rings (SSSR count). The molecular weight excluding hydrogens is 290 g/mol. The lowest BCUT2D eigenvalue weighted by Crippen LogP contribution is -2.11. The molecule has 0 radical (unpaired) electrons. The van der Waals surface area contributed by atoms with Gasteiger partial charge in [-0.2, -0.15) is 0 Å². The van der Waals surface area contributed by atoms with E-state index in [-0.39, 0.29) is 0 Å². The minimum atomic E-state index is -0.489. The third-order valence-corrected chi connectivity index (χ3v) is 3.49. The first-order valence-corrected chi connectivity index (χ1v) is 6.34. The van der Waals surface area contributed by atoms with Crippen LogP contribution in [0.15, 0.2) is 16.0 Å². The fourth-order valence-corrected chi connectivity index (χ4v) is 2.81. The topological polar surface area (TPSA) is 82.0 Å². The zero-order chi connectivity index (χ0) is 12.3. The summed E-state index contributed by atoms with van der Waals surface area (Å²) in [5, 5.41) is 0.762. The van der Waals surface area contributed by atoms with Gasteiger partial charge in [-0.05, 0) is 22.0 Å². The molecule has 4 nitrogen and oxygen atoms in total. The predicted molar refractivity (Wildman–Crippen MR) is 71.6 cm³/mol. The number of fused-ring (bicyclic) bond motifs is 1. The lowest BCUT2D eigenvalue weighted by atomic mass is 10.2. The van der Waals surface area contributed by atoms with E-state index < -0.39 is 5.91 Å². The molecule has 0 aromatic carbocycles. The zero-order valence-corrected chi connectivity index (χ0v) is 11.4. The number of aromatic nitrogens is 1. The minimum absolute atomic E-state index is 0.407. The number of carbonyl (C=O) groups excluding carboxylic acids is 1. The van der Waals surface area contributed by atoms with Gasteiger partial charge in [-0.25, -0.2) is 4.98 Å². The first-order chi connectivity index (χ1) is 7.59. The van der Waals surface area contributed by atoms with Gasteiger partial charge in [-0.1, -0.05) is 13.8 Å². The van der Waals surface area contributed by atoms with E-state index in [0.717, 1.165) is 13.9 Å². The van der Waals surface area contributed by atoms with Crippen LogP contribution in [0.4, 0.5) is 5.82 Å². The number of rotatable bonds is 1. The van der Waals surface area contributed by atoms with Gasteiger partial charge >= 0.3 is 0 Å². The number of nitrogens with zero attached hydrogens (tertiary/aromatic N) is 1. The first-order valence-electron chi connectivity index (χ1n) is 4.73. The Morgan fingerprint density at radius 1 is 1.50 bits per heavy atom. The average Bonchev–Trinajstić information content (AvgIpc) is 2.63. The number of nitrogen functional groups attached to an aromatic ring is 1. The molecule has 0 atom stereocenters. The van der Waals surface area contributed by atoms with Crippen molar-refractivity contribution in [1.29, 1.82) is 0 Å². The number of thiophene rings is 1. The van der Waals surface area contributed by atoms with Gasteiger partial charge in [0.05, 0.1) is 14.0 Å². The second-order valence-corrected chi connectivity index (χ2v) is 5.15. The van der Waals surface area contributed by atoms with Crippen molar-refractivity contribution in [2.75, 3.05) is 5.73 Å². The van der Waals surface area contributed by atoms with Gasteiger partial charge in [0.25, 0.3) is 5.91 Å². The number of anilines is 1. The van der Waals surface area contributed by atoms with Crippen LogP contribution in [0.3, 0.4) is 0 Å². The molecule has 0 fully saturated rings. The predicted octanol–water partition coefficient (Wildman–Crippen LogP) is 2.77. The minimum Gasteiger partial charge on any atom is -0.383 e. The van der Waals surface area contributed by atoms with Crippen LogP contribution < -0.4 is 11.5 Å². The molecule has 1 amide bonds. The van der Waals surface area contributed by atoms with E-state index in [4.69, 9.17) is 11.5 Å². The standard InChI is InChI=1S/C8H6BrN3OS.C2H6/c9-5-1-3-6(14-5)4(8(11)13)2-12-7(3)10;1-2/h1-2H,(H2,10,12)(H2,11,13);1-2H3. The third-order valence-electron chi connectivity index (χ3n) is 1.82. The lowest BCUT2D eigenvalue weighted by molar-refractivity contribution is 0.100. The number of hydrogen-bond donors (Lipinski definition) is 2. The van der Waals surface area contributed by atoms with Crippen LogP contribution in [0.25, 0.3) is 10.1 Å². The number of primary amides is 1. The zero-order valence-electron chi connectivity index (χ0n) is 8.95. The summed E-state index contributed by atoms with van der Waals surface area (Å²) in [7, 11) is 0. The van der Waals surface area contributed by atoms with Crippen molar-refractivity contribution in [3.63, 3.8) is 0 Å². The van der Waals surface area contributed by atoms with Gasteiger partial charge in [-0.15, -0.1) is 11.3 Å². The van der Waals surface area contributed by atoms with Gasteiger partial charge < -0.3 is 11.5 Å². The van der Waals surface area contributed by atoms with Crippen molar-refractivity contribution < 1.29 is 4.79 Å². The molecule has 0 spiro atoms. The summed E-state index contributed by atoms with van der Waals surface area (Å²) in [5.41, 5.74) is 11.3. The summed E-state index contributed by atoms with van der Waals surface area (Å²) < 4.78 is 1.67. The molecule has 2 aromatic heterocycles. The van der Waals surface area contributed by atoms with Crippen LogP contribution in [0, 0.1) is 0 Å². The normalized spacial score (nSPS) is 9.69. The highest BCUT2D eigenvalue weighted by molar-refractivity contribution is 9.11. The second kappa shape index (κ2) is 5.27. The fraction of sp³-hybridized carbons (Fsp3) is 0.200. The Bertz CT molecular complexity index is 524. The van der Waals surface area contributed by atoms with E-state index in [0.29, 0.717) is 11.4 Å². The molecule has 4 N–H and O–H groups in total. The van der Waals surface area contributed by atoms with Crippen LogP contribution >= 0.6 is 27.3 Å². The molecule has 2 heterocycles. The van der Waals surface area contributed by atoms with E-state index in [9.17, 15) is 4.79 Å². The Hall–Kier alpha value is -1.14. The molecule has 0 bridgehead atoms. The Labute approximate surface area is 106 Å². The number of carbonyl (C=O) groups is 1. The van der Waals surface area contributed by atoms with Crippen molar-refractivity contribution in [3.05, 3.63) is 21.6 Å². The van der Waals surface area contributed by atoms with Gasteiger partial charge in [0.1, 0.15) is 5.82 Å². The largest absolute Gasteiger partial charge is 0.383 e. The Morgan fingerprint density at radius 2 is 2.12 bits per heavy atom. The molecule has 16 heavy (non-hydrogen) atoms. The SMILES string of the molecule is CC.NC(=O)c1cnc(N)c2cc(Br)sc12. The highest BCUT2D eigenvalue weighted by atomic mass is 79.9. The van der Waals surface area contributed by atoms with Crippen molar-refractivity contribution in [2.45, 2.75) is 13.8 Å². The number of halogens is 1. The van der Waals surface area contributed by atoms with Crippen LogP contribution in [0.5, 0.6) is 0 Å². The van der Waals surface area contributed by atoms with E-state index in [1.807, 2.05) is 19.9 Å². The Kier molecular flexibility index (Phi) is 4.26. The van der Waals surface area contributed by atoms with Crippen LogP contribution in [0.2, 0.25) is 0 Å². The average molecular weight is 302 g/mol. The maximum Gasteiger partial charge on any atom is 0.251 e. The summed E-state index contributed by atoms with van der Waals surface area (Å²) in [6.45, 7) is 4.00. The molecule has 0 saturated carbocycles. The third kappa shape index (κ3) is 2.33. The van der Waals surface area contributed by atoms with Crippen LogP contribution in [-0.2, 0) is 0 Å². The van der Waals surface area contributed by atoms with E-state index >= 15 is 0 Å². The lowest BCUT2D eigenvalue weighted by Gasteiger charge is -1.98. The number of amides is 1. The molecule has 2 aromatic rings. The second-order valence-electron chi connectivity index (χ2n) is 2.71. The number of hydrogen-bond acceptors (Lipinski definition) is 4. The van der Waals surface area contributed by atoms with Gasteiger partial charge in [-0.3, -0.25) is 4.79 Å². The van der Waals surface area contributed by atoms with E-state index in [1.54, 1.807) is 0 Å². The first kappa shape index (κ1) is 12.9. The molecule has 0 aliphatic rings. The van der Waals surface area contributed by atoms with E-state index in [2.05, 4.69) is 20.9 Å². The summed E-state index contributed by atoms with van der Waals surface area (Å²) in [6.07, 6.45) is 1.41. The van der Waals surface area contributed by atoms with Crippen molar-refractivity contribution in [2.24, 2.45) is 5.73 Å². The number of nitrogens with two attached hydrogens (primary N) is 2. The highest BCUT2D eigenvalue weighted by Crippen LogP contribution is 2.34. The van der Waals surface area contributed by atoms with E-state index in [1.165, 1.54) is 17.5 Å². The van der Waals surface area contributed by atoms with Crippen LogP contribution in [-0.4, -0.2) is 10.9 Å². The van der Waals surface area contributed by atoms with Gasteiger partial charge in [0.2, 0.25) is 0 Å². The van der Waals surface area contributed by atoms with Gasteiger partial charge in [0, 0.05) is 11.6 Å². The molecule has 0 aliphatic carbocycles. The van der Waals surface area contributed by atoms with Crippen LogP contribution in [0.1, 0.15) is 24.2 Å². The summed E-state index contributed by atoms with van der Waals surface area (Å²) in [5.74, 6) is -0.0798. The molecule has 0 aliphatic heterocycles. The fourth-order valence-electron chi connectivity index (χ4n) is 1.19. The maximum absolute atomic E-state index is 11.1. The summed E-state index contributed by atoms with van der Waals surface area (Å²) in [4.78, 5) is 15.0. The van der Waals surface area contributed by atoms with Crippen molar-refractivity contribution >= 4 is 49.1 Å². The molecular formula is C10H12BrN3OS. The summed E-state index contributed by atoms with van der Waals surface area (Å²) in [6, 6.07) is 1.83. The monoisotopic (exact) mass is 301 g/mol. The smallest absolute Gasteiger partial charge is 0.251 e. The number of pyridine rings is 1. The Morgan fingerprint density at radius 3 is 2.69 bits per heavy atom. The van der Waals surface area contributed by atoms with Gasteiger partial charge in [0.15, 0.2) is 0 Å². The molecule has 0 saturated heterocycles. The van der Waals surface area contributed by atoms with Crippen molar-refractivity contribution in [3.8, 4) is 0 Å². The molecule has 86 valence electrons. The quantitative estimate of drug-likeness (QED) is 0.849. The Balaban J connectivity index is 0.000000606. The maximum atomic E-state index is 11.1. The molecule has 6 heteroatoms. The highest BCUT2D eigenvalue weighted by Gasteiger charge is 2.12.